The first-order chi connectivity index (χ1) is 10.5. The molecule has 0 spiro atoms. The fourth-order valence-electron chi connectivity index (χ4n) is 1.63. The van der Waals surface area contributed by atoms with E-state index in [9.17, 15) is 0 Å². The summed E-state index contributed by atoms with van der Waals surface area (Å²) in [4.78, 5) is 0. The molecule has 5 heteroatoms. The van der Waals surface area contributed by atoms with Gasteiger partial charge in [0.1, 0.15) is 0 Å². The molecule has 0 heterocycles. The number of hydrogen-bond acceptors (Lipinski definition) is 2. The predicted octanol–water partition coefficient (Wildman–Crippen LogP) is 4.03. The van der Waals surface area contributed by atoms with Crippen molar-refractivity contribution in [3.8, 4) is 0 Å². The molecule has 2 aromatic rings. The predicted molar refractivity (Wildman–Crippen MR) is 94.9 cm³/mol. The fraction of sp³-hybridized carbons (Fsp3) is 0.350. The molecule has 2 aromatic carbocycles. The van der Waals surface area contributed by atoms with Crippen molar-refractivity contribution in [2.45, 2.75) is 33.6 Å². The van der Waals surface area contributed by atoms with Crippen LogP contribution >= 0.6 is 0 Å². The van der Waals surface area contributed by atoms with Gasteiger partial charge in [0, 0.05) is 58.0 Å². The Hall–Kier alpha value is 0.581. The Kier molecular flexibility index (Phi) is 30.0. The van der Waals surface area contributed by atoms with Crippen molar-refractivity contribution in [2.24, 2.45) is 0 Å². The fourth-order valence-corrected chi connectivity index (χ4v) is 1.63. The number of aliphatic hydroxyl groups is 2. The topological polar surface area (TPSA) is 40.5 Å². The monoisotopic (exact) mass is 892 g/mol. The van der Waals surface area contributed by atoms with Crippen LogP contribution in [0.4, 0.5) is 0 Å². The smallest absolute Gasteiger partial charge is 0.399 e. The van der Waals surface area contributed by atoms with E-state index in [0.29, 0.717) is 6.42 Å². The molecular formula is C20H29Au3O2. The summed E-state index contributed by atoms with van der Waals surface area (Å²) in [6.45, 7) is 10.1. The van der Waals surface area contributed by atoms with Crippen molar-refractivity contribution in [1.82, 2.24) is 0 Å². The average Bonchev–Trinajstić information content (AvgIpc) is 2.52. The van der Waals surface area contributed by atoms with E-state index in [4.69, 9.17) is 10.2 Å². The molecule has 0 atom stereocenters. The molecule has 2 rings (SSSR count). The average molecular weight is 892 g/mol. The maximum Gasteiger partial charge on any atom is 1.00 e. The molecule has 0 saturated heterocycles. The largest absolute Gasteiger partial charge is 1.00 e. The van der Waals surface area contributed by atoms with Gasteiger partial charge in [-0.05, 0) is 32.8 Å². The molecule has 154 valence electrons. The van der Waals surface area contributed by atoms with Crippen LogP contribution in [-0.4, -0.2) is 23.4 Å². The third-order valence-corrected chi connectivity index (χ3v) is 2.86. The quantitative estimate of drug-likeness (QED) is 0.362. The zero-order valence-corrected chi connectivity index (χ0v) is 21.5. The molecule has 0 unspecified atom stereocenters. The first kappa shape index (κ1) is 33.2. The van der Waals surface area contributed by atoms with Gasteiger partial charge < -0.3 is 17.1 Å². The number of rotatable bonds is 3. The van der Waals surface area contributed by atoms with Crippen molar-refractivity contribution in [2.75, 3.05) is 13.2 Å². The summed E-state index contributed by atoms with van der Waals surface area (Å²) in [5, 5.41) is 16.4. The SMILES string of the molecule is Cc1ccc(C)cc1.Cc1cccc(CCO)c1.[Au+].[Au].[Au].[CH2-]CCO. The number of aryl methyl sites for hydroxylation is 3. The van der Waals surface area contributed by atoms with Gasteiger partial charge in [-0.3, -0.25) is 0 Å². The second-order valence-electron chi connectivity index (χ2n) is 5.19. The molecule has 0 aliphatic heterocycles. The molecule has 2 radical (unpaired) electrons. The Labute approximate surface area is 200 Å². The maximum absolute atomic E-state index is 8.61. The molecule has 0 aliphatic rings. The van der Waals surface area contributed by atoms with Crippen LogP contribution in [0.2, 0.25) is 0 Å². The van der Waals surface area contributed by atoms with Crippen molar-refractivity contribution in [3.05, 3.63) is 77.7 Å². The third kappa shape index (κ3) is 20.7. The minimum atomic E-state index is 0. The van der Waals surface area contributed by atoms with Crippen LogP contribution in [0, 0.1) is 27.7 Å². The van der Waals surface area contributed by atoms with Gasteiger partial charge in [-0.25, -0.2) is 0 Å². The van der Waals surface area contributed by atoms with Crippen molar-refractivity contribution in [1.29, 1.82) is 0 Å². The zero-order chi connectivity index (χ0) is 16.8. The van der Waals surface area contributed by atoms with Gasteiger partial charge in [0.15, 0.2) is 0 Å². The van der Waals surface area contributed by atoms with E-state index in [1.165, 1.54) is 22.3 Å². The van der Waals surface area contributed by atoms with E-state index in [1.54, 1.807) is 0 Å². The van der Waals surface area contributed by atoms with Gasteiger partial charge in [-0.15, -0.1) is 0 Å². The molecule has 0 bridgehead atoms. The van der Waals surface area contributed by atoms with E-state index in [0.717, 1.165) is 6.42 Å². The minimum Gasteiger partial charge on any atom is -0.399 e. The minimum absolute atomic E-state index is 0. The number of benzene rings is 2. The summed E-state index contributed by atoms with van der Waals surface area (Å²) in [7, 11) is 0. The zero-order valence-electron chi connectivity index (χ0n) is 15.0. The molecule has 2 N–H and O–H groups in total. The normalized spacial score (nSPS) is 8.08. The van der Waals surface area contributed by atoms with Gasteiger partial charge in [-0.1, -0.05) is 65.2 Å². The molecule has 0 aliphatic carbocycles. The van der Waals surface area contributed by atoms with Crippen LogP contribution in [0.1, 0.15) is 28.7 Å². The van der Waals surface area contributed by atoms with Gasteiger partial charge >= 0.3 is 22.4 Å². The Morgan fingerprint density at radius 1 is 0.760 bits per heavy atom. The molecule has 2 nitrogen and oxygen atoms in total. The standard InChI is InChI=1S/C9H12O.C8H10.C3H7O.3Au/c1-8-3-2-4-9(7-8)5-6-10;1-7-3-5-8(2)6-4-7;1-2-3-4;;;/h2-4,7,10H,5-6H2,1H3;3-6H,1-2H3;4H,1-3H2;;;/q;;-1;;;+1. The van der Waals surface area contributed by atoms with Crippen LogP contribution < -0.4 is 0 Å². The molecule has 0 saturated carbocycles. The first-order valence-corrected chi connectivity index (χ1v) is 7.63. The third-order valence-electron chi connectivity index (χ3n) is 2.86. The first-order valence-electron chi connectivity index (χ1n) is 7.63. The second-order valence-corrected chi connectivity index (χ2v) is 5.19. The maximum atomic E-state index is 8.61. The van der Waals surface area contributed by atoms with Crippen LogP contribution in [0.25, 0.3) is 0 Å². The van der Waals surface area contributed by atoms with Gasteiger partial charge in [0.05, 0.1) is 0 Å². The number of aliphatic hydroxyl groups excluding tert-OH is 2. The van der Waals surface area contributed by atoms with Crippen molar-refractivity contribution in [3.63, 3.8) is 0 Å². The Balaban J connectivity index is -0.000000134. The summed E-state index contributed by atoms with van der Waals surface area (Å²) < 4.78 is 0. The molecule has 25 heavy (non-hydrogen) atoms. The molecule has 0 amide bonds. The van der Waals surface area contributed by atoms with Gasteiger partial charge in [0.2, 0.25) is 0 Å². The van der Waals surface area contributed by atoms with E-state index in [-0.39, 0.29) is 80.4 Å². The molecule has 0 aromatic heterocycles. The summed E-state index contributed by atoms with van der Waals surface area (Å²) >= 11 is 0. The van der Waals surface area contributed by atoms with Gasteiger partial charge in [0.25, 0.3) is 0 Å². The van der Waals surface area contributed by atoms with Crippen molar-refractivity contribution < 1.29 is 77.4 Å². The van der Waals surface area contributed by atoms with Crippen molar-refractivity contribution >= 4 is 0 Å². The Morgan fingerprint density at radius 3 is 1.52 bits per heavy atom. The summed E-state index contributed by atoms with van der Waals surface area (Å²) in [5.74, 6) is 0. The van der Waals surface area contributed by atoms with Crippen LogP contribution in [0.3, 0.4) is 0 Å². The van der Waals surface area contributed by atoms with Crippen LogP contribution in [-0.2, 0) is 73.6 Å². The molecule has 0 fully saturated rings. The van der Waals surface area contributed by atoms with E-state index < -0.39 is 0 Å². The van der Waals surface area contributed by atoms with E-state index in [2.05, 4.69) is 64.1 Å². The van der Waals surface area contributed by atoms with Crippen LogP contribution in [0.15, 0.2) is 48.5 Å². The summed E-state index contributed by atoms with van der Waals surface area (Å²) in [6, 6.07) is 16.7. The summed E-state index contributed by atoms with van der Waals surface area (Å²) in [6.07, 6.45) is 1.39. The van der Waals surface area contributed by atoms with Gasteiger partial charge in [-0.2, -0.15) is 6.42 Å². The Bertz CT molecular complexity index is 480. The van der Waals surface area contributed by atoms with E-state index in [1.807, 2.05) is 12.1 Å². The van der Waals surface area contributed by atoms with E-state index >= 15 is 0 Å². The number of hydrogen-bond donors (Lipinski definition) is 2. The second kappa shape index (κ2) is 22.6. The summed E-state index contributed by atoms with van der Waals surface area (Å²) in [5.41, 5.74) is 5.12. The van der Waals surface area contributed by atoms with Crippen LogP contribution in [0.5, 0.6) is 0 Å². The molecular weight excluding hydrogens is 863 g/mol. The Morgan fingerprint density at radius 2 is 1.20 bits per heavy atom.